The van der Waals surface area contributed by atoms with E-state index in [0.717, 1.165) is 45.7 Å². The second kappa shape index (κ2) is 10.7. The molecule has 2 aromatic heterocycles. The highest BCUT2D eigenvalue weighted by atomic mass is 15.1. The Morgan fingerprint density at radius 2 is 1.06 bits per heavy atom. The summed E-state index contributed by atoms with van der Waals surface area (Å²) in [4.78, 5) is 15.0. The fraction of sp³-hybridized carbons (Fsp3) is 0.0426. The van der Waals surface area contributed by atoms with Crippen LogP contribution in [0.15, 0.2) is 152 Å². The first-order valence-electron chi connectivity index (χ1n) is 17.6. The minimum Gasteiger partial charge on any atom is -0.296 e. The summed E-state index contributed by atoms with van der Waals surface area (Å²) in [5.74, 6) is 1.75. The Morgan fingerprint density at radius 3 is 1.69 bits per heavy atom. The molecule has 0 bridgehead atoms. The van der Waals surface area contributed by atoms with Crippen molar-refractivity contribution in [3.63, 3.8) is 0 Å². The Labute approximate surface area is 293 Å². The molecule has 51 heavy (non-hydrogen) atoms. The van der Waals surface area contributed by atoms with Gasteiger partial charge in [0, 0.05) is 35.6 Å². The zero-order chi connectivity index (χ0) is 33.6. The van der Waals surface area contributed by atoms with Crippen LogP contribution in [0.4, 0.5) is 0 Å². The highest BCUT2D eigenvalue weighted by Crippen LogP contribution is 2.44. The zero-order valence-corrected chi connectivity index (χ0v) is 27.9. The quantitative estimate of drug-likeness (QED) is 0.178. The Kier molecular flexibility index (Phi) is 5.90. The fourth-order valence-electron chi connectivity index (χ4n) is 8.45. The van der Waals surface area contributed by atoms with Gasteiger partial charge in [-0.1, -0.05) is 110 Å². The zero-order valence-electron chi connectivity index (χ0n) is 27.9. The summed E-state index contributed by atoms with van der Waals surface area (Å²) in [7, 11) is 0. The maximum Gasteiger partial charge on any atom is 0.159 e. The molecule has 0 spiro atoms. The lowest BCUT2D eigenvalue weighted by molar-refractivity contribution is 0.908. The predicted molar refractivity (Wildman–Crippen MR) is 213 cm³/mol. The largest absolute Gasteiger partial charge is 0.296 e. The molecule has 0 aliphatic heterocycles. The van der Waals surface area contributed by atoms with Crippen molar-refractivity contribution in [3.8, 4) is 28.2 Å². The SMILES string of the molecule is CCc1nc2cc(-c3cnc(-c4cc5ccc6cccc7c8cccc9ccc%10cccc(c(c4)c5c67)c%10c98)nc3)ccc2n1-c1ccccc1. The van der Waals surface area contributed by atoms with Crippen molar-refractivity contribution in [1.82, 2.24) is 19.5 Å². The van der Waals surface area contributed by atoms with Gasteiger partial charge in [-0.25, -0.2) is 15.0 Å². The standard InChI is InChI=1S/C47H30N4/c1-2-42-50-40-25-31(21-22-41(40)51(42)35-12-4-3-5-13-35)34-26-48-47(49-27-34)33-23-32-20-19-30-10-7-15-37-36-14-6-9-28-17-18-29-11-8-16-38(45(29)43(28)36)39(24-33)46(32)44(30)37/h3-27H,2H2,1H3. The van der Waals surface area contributed by atoms with Gasteiger partial charge >= 0.3 is 0 Å². The molecule has 0 atom stereocenters. The van der Waals surface area contributed by atoms with E-state index in [4.69, 9.17) is 15.0 Å². The molecule has 0 aliphatic carbocycles. The third-order valence-corrected chi connectivity index (χ3v) is 10.7. The topological polar surface area (TPSA) is 43.6 Å². The number of imidazole rings is 1. The molecule has 0 aliphatic rings. The van der Waals surface area contributed by atoms with E-state index in [1.165, 1.54) is 64.6 Å². The van der Waals surface area contributed by atoms with Gasteiger partial charge in [-0.2, -0.15) is 0 Å². The minimum atomic E-state index is 0.709. The molecule has 0 saturated carbocycles. The summed E-state index contributed by atoms with van der Waals surface area (Å²) in [5.41, 5.74) is 6.21. The van der Waals surface area contributed by atoms with E-state index in [1.54, 1.807) is 0 Å². The molecule has 0 amide bonds. The lowest BCUT2D eigenvalue weighted by atomic mass is 9.87. The van der Waals surface area contributed by atoms with Crippen LogP contribution in [-0.4, -0.2) is 19.5 Å². The maximum absolute atomic E-state index is 5.01. The van der Waals surface area contributed by atoms with Crippen LogP contribution in [0.5, 0.6) is 0 Å². The van der Waals surface area contributed by atoms with Crippen molar-refractivity contribution < 1.29 is 0 Å². The highest BCUT2D eigenvalue weighted by molar-refractivity contribution is 6.37. The maximum atomic E-state index is 5.01. The summed E-state index contributed by atoms with van der Waals surface area (Å²) >= 11 is 0. The number of hydrogen-bond donors (Lipinski definition) is 0. The summed E-state index contributed by atoms with van der Waals surface area (Å²) < 4.78 is 2.25. The molecule has 0 N–H and O–H groups in total. The normalized spacial score (nSPS) is 12.1. The number of rotatable bonds is 4. The molecule has 2 heterocycles. The van der Waals surface area contributed by atoms with E-state index in [9.17, 15) is 0 Å². The lowest BCUT2D eigenvalue weighted by Crippen LogP contribution is -1.99. The Morgan fingerprint density at radius 1 is 0.471 bits per heavy atom. The van der Waals surface area contributed by atoms with Crippen molar-refractivity contribution in [1.29, 1.82) is 0 Å². The molecule has 0 radical (unpaired) electrons. The molecule has 238 valence electrons. The molecule has 0 fully saturated rings. The van der Waals surface area contributed by atoms with E-state index in [0.29, 0.717) is 5.82 Å². The van der Waals surface area contributed by atoms with Crippen LogP contribution in [0.2, 0.25) is 0 Å². The van der Waals surface area contributed by atoms with Gasteiger partial charge in [0.25, 0.3) is 0 Å². The van der Waals surface area contributed by atoms with E-state index >= 15 is 0 Å². The van der Waals surface area contributed by atoms with Crippen molar-refractivity contribution in [2.24, 2.45) is 0 Å². The van der Waals surface area contributed by atoms with Crippen LogP contribution in [0.1, 0.15) is 12.7 Å². The Balaban J connectivity index is 1.11. The average Bonchev–Trinajstić information content (AvgIpc) is 3.57. The molecule has 11 rings (SSSR count). The number of aromatic nitrogens is 4. The summed E-state index contributed by atoms with van der Waals surface area (Å²) in [6.07, 6.45) is 4.74. The van der Waals surface area contributed by atoms with Crippen LogP contribution < -0.4 is 0 Å². The van der Waals surface area contributed by atoms with Gasteiger partial charge in [0.2, 0.25) is 0 Å². The predicted octanol–water partition coefficient (Wildman–Crippen LogP) is 12.1. The van der Waals surface area contributed by atoms with E-state index in [-0.39, 0.29) is 0 Å². The van der Waals surface area contributed by atoms with Gasteiger partial charge in [-0.15, -0.1) is 0 Å². The molecular formula is C47H30N4. The number of fused-ring (bicyclic) bond motifs is 3. The monoisotopic (exact) mass is 650 g/mol. The third kappa shape index (κ3) is 4.11. The molecule has 0 unspecified atom stereocenters. The van der Waals surface area contributed by atoms with Crippen LogP contribution in [0, 0.1) is 0 Å². The van der Waals surface area contributed by atoms with Gasteiger partial charge in [-0.05, 0) is 107 Å². The molecule has 0 saturated heterocycles. The van der Waals surface area contributed by atoms with Crippen LogP contribution in [0.3, 0.4) is 0 Å². The molecule has 11 aromatic rings. The van der Waals surface area contributed by atoms with Crippen molar-refractivity contribution >= 4 is 75.7 Å². The molecule has 9 aromatic carbocycles. The summed E-state index contributed by atoms with van der Waals surface area (Å²) in [6, 6.07) is 50.6. The van der Waals surface area contributed by atoms with Crippen molar-refractivity contribution in [2.45, 2.75) is 13.3 Å². The van der Waals surface area contributed by atoms with Crippen LogP contribution in [-0.2, 0) is 6.42 Å². The van der Waals surface area contributed by atoms with Crippen LogP contribution in [0.25, 0.3) is 104 Å². The Hall–Kier alpha value is -6.65. The summed E-state index contributed by atoms with van der Waals surface area (Å²) in [6.45, 7) is 2.15. The molecule has 4 heteroatoms. The number of nitrogens with zero attached hydrogens (tertiary/aromatic N) is 4. The first-order chi connectivity index (χ1) is 25.2. The van der Waals surface area contributed by atoms with Crippen molar-refractivity contribution in [2.75, 3.05) is 0 Å². The Bertz CT molecular complexity index is 3150. The van der Waals surface area contributed by atoms with E-state index in [2.05, 4.69) is 145 Å². The highest BCUT2D eigenvalue weighted by Gasteiger charge is 2.17. The third-order valence-electron chi connectivity index (χ3n) is 10.7. The summed E-state index contributed by atoms with van der Waals surface area (Å²) in [5, 5.41) is 15.1. The van der Waals surface area contributed by atoms with Gasteiger partial charge in [0.05, 0.1) is 11.0 Å². The van der Waals surface area contributed by atoms with E-state index in [1.807, 2.05) is 18.5 Å². The van der Waals surface area contributed by atoms with Crippen molar-refractivity contribution in [3.05, 3.63) is 158 Å². The second-order valence-electron chi connectivity index (χ2n) is 13.5. The second-order valence-corrected chi connectivity index (χ2v) is 13.5. The van der Waals surface area contributed by atoms with Gasteiger partial charge in [0.15, 0.2) is 5.82 Å². The minimum absolute atomic E-state index is 0.709. The lowest BCUT2D eigenvalue weighted by Gasteiger charge is -2.16. The number of aryl methyl sites for hydroxylation is 1. The number of para-hydroxylation sites is 1. The number of benzene rings is 8. The van der Waals surface area contributed by atoms with Gasteiger partial charge in [-0.3, -0.25) is 4.57 Å². The average molecular weight is 651 g/mol. The fourth-order valence-corrected chi connectivity index (χ4v) is 8.45. The van der Waals surface area contributed by atoms with Gasteiger partial charge in [0.1, 0.15) is 5.82 Å². The first kappa shape index (κ1) is 28.2. The number of hydrogen-bond acceptors (Lipinski definition) is 3. The first-order valence-corrected chi connectivity index (χ1v) is 17.6. The smallest absolute Gasteiger partial charge is 0.159 e. The van der Waals surface area contributed by atoms with Crippen LogP contribution >= 0.6 is 0 Å². The molecular weight excluding hydrogens is 621 g/mol. The van der Waals surface area contributed by atoms with Gasteiger partial charge < -0.3 is 0 Å². The molecule has 4 nitrogen and oxygen atoms in total. The van der Waals surface area contributed by atoms with E-state index < -0.39 is 0 Å².